The fraction of sp³-hybridized carbons (Fsp3) is 0.100. The third-order valence-electron chi connectivity index (χ3n) is 4.19. The lowest BCUT2D eigenvalue weighted by Gasteiger charge is -2.12. The van der Waals surface area contributed by atoms with Gasteiger partial charge in [-0.15, -0.1) is 0 Å². The smallest absolute Gasteiger partial charge is 0.323 e. The summed E-state index contributed by atoms with van der Waals surface area (Å²) in [5, 5.41) is 11.9. The van der Waals surface area contributed by atoms with E-state index in [0.29, 0.717) is 22.9 Å². The second-order valence-electron chi connectivity index (χ2n) is 6.21. The second-order valence-corrected chi connectivity index (χ2v) is 6.21. The van der Waals surface area contributed by atoms with Crippen molar-refractivity contribution in [3.05, 3.63) is 71.9 Å². The van der Waals surface area contributed by atoms with Crippen LogP contribution in [0.25, 0.3) is 22.0 Å². The van der Waals surface area contributed by atoms with Crippen molar-refractivity contribution >= 4 is 22.4 Å². The fourth-order valence-corrected chi connectivity index (χ4v) is 2.91. The molecule has 2 aromatic carbocycles. The number of aromatic amines is 1. The number of aryl methyl sites for hydroxylation is 1. The lowest BCUT2D eigenvalue weighted by molar-refractivity contribution is -0.137. The molecule has 2 aromatic heterocycles. The van der Waals surface area contributed by atoms with E-state index in [9.17, 15) is 13.2 Å². The standard InChI is InChI=1S/C20H15F3N4/c1-12-10-18(27-26-12)24-17-11-14-4-2-3-5-16(14)19(25-17)13-6-8-15(9-7-13)20(21,22)23/h2-11H,1H3,(H2,24,25,26,27). The van der Waals surface area contributed by atoms with Crippen LogP contribution in [-0.2, 0) is 6.18 Å². The van der Waals surface area contributed by atoms with Gasteiger partial charge in [0.25, 0.3) is 0 Å². The summed E-state index contributed by atoms with van der Waals surface area (Å²) >= 11 is 0. The van der Waals surface area contributed by atoms with Gasteiger partial charge in [0.2, 0.25) is 0 Å². The molecule has 0 unspecified atom stereocenters. The molecule has 0 saturated carbocycles. The summed E-state index contributed by atoms with van der Waals surface area (Å²) in [6.45, 7) is 1.89. The number of hydrogen-bond donors (Lipinski definition) is 2. The largest absolute Gasteiger partial charge is 0.416 e. The highest BCUT2D eigenvalue weighted by atomic mass is 19.4. The van der Waals surface area contributed by atoms with Gasteiger partial charge >= 0.3 is 6.18 Å². The number of fused-ring (bicyclic) bond motifs is 1. The number of pyridine rings is 1. The SMILES string of the molecule is Cc1cc(Nc2cc3ccccc3c(-c3ccc(C(F)(F)F)cc3)n2)n[nH]1. The first-order chi connectivity index (χ1) is 12.9. The maximum Gasteiger partial charge on any atom is 0.416 e. The Bertz CT molecular complexity index is 1100. The molecule has 27 heavy (non-hydrogen) atoms. The number of halogens is 3. The molecule has 2 heterocycles. The van der Waals surface area contributed by atoms with E-state index in [1.807, 2.05) is 43.3 Å². The van der Waals surface area contributed by atoms with Gasteiger partial charge in [0.15, 0.2) is 5.82 Å². The molecule has 4 nitrogen and oxygen atoms in total. The van der Waals surface area contributed by atoms with Gasteiger partial charge in [0.1, 0.15) is 5.82 Å². The molecule has 0 atom stereocenters. The van der Waals surface area contributed by atoms with Gasteiger partial charge in [-0.3, -0.25) is 5.10 Å². The van der Waals surface area contributed by atoms with Crippen molar-refractivity contribution in [2.24, 2.45) is 0 Å². The Labute approximate surface area is 153 Å². The van der Waals surface area contributed by atoms with Crippen LogP contribution in [0, 0.1) is 6.92 Å². The van der Waals surface area contributed by atoms with Crippen molar-refractivity contribution in [1.29, 1.82) is 0 Å². The van der Waals surface area contributed by atoms with Crippen molar-refractivity contribution in [2.75, 3.05) is 5.32 Å². The average Bonchev–Trinajstić information content (AvgIpc) is 3.05. The quantitative estimate of drug-likeness (QED) is 0.488. The number of nitrogens with zero attached hydrogens (tertiary/aromatic N) is 2. The summed E-state index contributed by atoms with van der Waals surface area (Å²) in [5.41, 5.74) is 1.44. The van der Waals surface area contributed by atoms with Gasteiger partial charge in [-0.25, -0.2) is 4.98 Å². The minimum absolute atomic E-state index is 0.565. The normalized spacial score (nSPS) is 11.7. The van der Waals surface area contributed by atoms with Crippen LogP contribution in [0.5, 0.6) is 0 Å². The number of rotatable bonds is 3. The first kappa shape index (κ1) is 17.1. The molecule has 0 spiro atoms. The van der Waals surface area contributed by atoms with Gasteiger partial charge < -0.3 is 5.32 Å². The van der Waals surface area contributed by atoms with Crippen molar-refractivity contribution in [1.82, 2.24) is 15.2 Å². The van der Waals surface area contributed by atoms with Crippen LogP contribution in [0.4, 0.5) is 24.8 Å². The van der Waals surface area contributed by atoms with Gasteiger partial charge in [-0.1, -0.05) is 36.4 Å². The van der Waals surface area contributed by atoms with E-state index in [0.717, 1.165) is 28.6 Å². The Hall–Kier alpha value is -3.35. The van der Waals surface area contributed by atoms with Crippen LogP contribution in [0.15, 0.2) is 60.7 Å². The van der Waals surface area contributed by atoms with Crippen LogP contribution in [0.1, 0.15) is 11.3 Å². The summed E-state index contributed by atoms with van der Waals surface area (Å²) in [6.07, 6.45) is -4.37. The van der Waals surface area contributed by atoms with E-state index in [2.05, 4.69) is 20.5 Å². The topological polar surface area (TPSA) is 53.6 Å². The van der Waals surface area contributed by atoms with E-state index < -0.39 is 11.7 Å². The summed E-state index contributed by atoms with van der Waals surface area (Å²) in [7, 11) is 0. The van der Waals surface area contributed by atoms with E-state index in [-0.39, 0.29) is 0 Å². The molecule has 0 fully saturated rings. The molecule has 0 aliphatic rings. The van der Waals surface area contributed by atoms with E-state index in [4.69, 9.17) is 0 Å². The molecular weight excluding hydrogens is 353 g/mol. The Morgan fingerprint density at radius 3 is 2.33 bits per heavy atom. The van der Waals surface area contributed by atoms with Crippen LogP contribution in [0.3, 0.4) is 0 Å². The molecule has 0 bridgehead atoms. The van der Waals surface area contributed by atoms with Crippen molar-refractivity contribution in [2.45, 2.75) is 13.1 Å². The molecule has 0 aliphatic carbocycles. The summed E-state index contributed by atoms with van der Waals surface area (Å²) < 4.78 is 38.5. The van der Waals surface area contributed by atoms with Crippen molar-refractivity contribution in [3.8, 4) is 11.3 Å². The molecule has 136 valence electrons. The van der Waals surface area contributed by atoms with Crippen LogP contribution in [-0.4, -0.2) is 15.2 Å². The van der Waals surface area contributed by atoms with Crippen LogP contribution in [0.2, 0.25) is 0 Å². The molecule has 4 aromatic rings. The van der Waals surface area contributed by atoms with E-state index >= 15 is 0 Å². The minimum Gasteiger partial charge on any atom is -0.323 e. The number of alkyl halides is 3. The lowest BCUT2D eigenvalue weighted by Crippen LogP contribution is -2.04. The molecule has 2 N–H and O–H groups in total. The molecule has 0 saturated heterocycles. The Morgan fingerprint density at radius 2 is 1.67 bits per heavy atom. The number of aromatic nitrogens is 3. The molecule has 0 aliphatic heterocycles. The highest BCUT2D eigenvalue weighted by molar-refractivity contribution is 5.96. The molecule has 4 rings (SSSR count). The predicted molar refractivity (Wildman–Crippen MR) is 98.8 cm³/mol. The third-order valence-corrected chi connectivity index (χ3v) is 4.19. The first-order valence-electron chi connectivity index (χ1n) is 8.26. The lowest BCUT2D eigenvalue weighted by atomic mass is 10.0. The summed E-state index contributed by atoms with van der Waals surface area (Å²) in [4.78, 5) is 4.62. The zero-order valence-electron chi connectivity index (χ0n) is 14.3. The monoisotopic (exact) mass is 368 g/mol. The zero-order valence-corrected chi connectivity index (χ0v) is 14.3. The Balaban J connectivity index is 1.81. The number of benzene rings is 2. The molecular formula is C20H15F3N4. The first-order valence-corrected chi connectivity index (χ1v) is 8.26. The van der Waals surface area contributed by atoms with Crippen molar-refractivity contribution in [3.63, 3.8) is 0 Å². The van der Waals surface area contributed by atoms with Gasteiger partial charge in [-0.2, -0.15) is 18.3 Å². The van der Waals surface area contributed by atoms with Gasteiger partial charge in [0, 0.05) is 22.7 Å². The van der Waals surface area contributed by atoms with Gasteiger partial charge in [-0.05, 0) is 30.5 Å². The van der Waals surface area contributed by atoms with Crippen molar-refractivity contribution < 1.29 is 13.2 Å². The Kier molecular flexibility index (Phi) is 4.07. The van der Waals surface area contributed by atoms with Crippen LogP contribution >= 0.6 is 0 Å². The number of anilines is 2. The number of nitrogens with one attached hydrogen (secondary N) is 2. The number of hydrogen-bond acceptors (Lipinski definition) is 3. The highest BCUT2D eigenvalue weighted by Gasteiger charge is 2.30. The van der Waals surface area contributed by atoms with E-state index in [1.54, 1.807) is 0 Å². The highest BCUT2D eigenvalue weighted by Crippen LogP contribution is 2.33. The maximum atomic E-state index is 12.8. The fourth-order valence-electron chi connectivity index (χ4n) is 2.91. The molecule has 0 amide bonds. The second kappa shape index (κ2) is 6.42. The molecule has 0 radical (unpaired) electrons. The summed E-state index contributed by atoms with van der Waals surface area (Å²) in [5.74, 6) is 1.18. The van der Waals surface area contributed by atoms with Crippen LogP contribution < -0.4 is 5.32 Å². The minimum atomic E-state index is -4.37. The number of H-pyrrole nitrogens is 1. The average molecular weight is 368 g/mol. The molecule has 7 heteroatoms. The maximum absolute atomic E-state index is 12.8. The van der Waals surface area contributed by atoms with Gasteiger partial charge in [0.05, 0.1) is 11.3 Å². The zero-order chi connectivity index (χ0) is 19.0. The Morgan fingerprint density at radius 1 is 0.926 bits per heavy atom. The third kappa shape index (κ3) is 3.48. The van der Waals surface area contributed by atoms with E-state index in [1.165, 1.54) is 12.1 Å². The summed E-state index contributed by atoms with van der Waals surface area (Å²) in [6, 6.07) is 16.4. The predicted octanol–water partition coefficient (Wildman–Crippen LogP) is 5.70.